The molecule has 0 aliphatic carbocycles. The van der Waals surface area contributed by atoms with Crippen LogP contribution in [0.5, 0.6) is 5.75 Å². The van der Waals surface area contributed by atoms with E-state index in [-0.39, 0.29) is 5.41 Å². The lowest BCUT2D eigenvalue weighted by molar-refractivity contribution is 0.407. The second-order valence-corrected chi connectivity index (χ2v) is 11.6. The van der Waals surface area contributed by atoms with Crippen LogP contribution in [-0.2, 0) is 28.4 Å². The fourth-order valence-corrected chi connectivity index (χ4v) is 6.91. The molecule has 0 amide bonds. The molecular formula is C29H30OS2. The van der Waals surface area contributed by atoms with Crippen molar-refractivity contribution in [1.29, 1.82) is 0 Å². The Labute approximate surface area is 199 Å². The van der Waals surface area contributed by atoms with Crippen molar-refractivity contribution in [2.24, 2.45) is 0 Å². The van der Waals surface area contributed by atoms with Crippen LogP contribution in [0.2, 0.25) is 0 Å². The predicted molar refractivity (Wildman–Crippen MR) is 143 cm³/mol. The van der Waals surface area contributed by atoms with Gasteiger partial charge in [-0.2, -0.15) is 23.5 Å². The van der Waals surface area contributed by atoms with Crippen LogP contribution in [0.25, 0.3) is 21.5 Å². The van der Waals surface area contributed by atoms with Crippen LogP contribution in [-0.4, -0.2) is 7.11 Å². The van der Waals surface area contributed by atoms with E-state index in [0.717, 1.165) is 28.8 Å². The Morgan fingerprint density at radius 1 is 0.656 bits per heavy atom. The molecule has 0 aromatic heterocycles. The summed E-state index contributed by atoms with van der Waals surface area (Å²) in [5, 5.41) is 5.62. The first-order valence-corrected chi connectivity index (χ1v) is 13.6. The molecule has 0 saturated carbocycles. The van der Waals surface area contributed by atoms with Gasteiger partial charge in [-0.3, -0.25) is 0 Å². The Morgan fingerprint density at radius 3 is 1.41 bits per heavy atom. The second kappa shape index (κ2) is 8.68. The van der Waals surface area contributed by atoms with Gasteiger partial charge < -0.3 is 4.74 Å². The molecule has 0 fully saturated rings. The molecule has 0 atom stereocenters. The molecule has 0 unspecified atom stereocenters. The molecule has 1 nitrogen and oxygen atoms in total. The number of ether oxygens (including phenoxy) is 1. The second-order valence-electron chi connectivity index (χ2n) is 9.61. The Bertz CT molecular complexity index is 1150. The van der Waals surface area contributed by atoms with E-state index in [1.54, 1.807) is 0 Å². The van der Waals surface area contributed by atoms with Crippen molar-refractivity contribution in [3.8, 4) is 5.75 Å². The normalized spacial score (nSPS) is 14.8. The SMILES string of the molecule is COc1c2cc(C(C)(C)C)cc1CSCc1c3ccccc3c(c3ccccc13)CSC2. The number of thioether (sulfide) groups is 2. The van der Waals surface area contributed by atoms with Gasteiger partial charge in [-0.25, -0.2) is 0 Å². The largest absolute Gasteiger partial charge is 0.496 e. The Kier molecular flexibility index (Phi) is 5.90. The molecule has 4 aromatic carbocycles. The molecule has 4 aromatic rings. The summed E-state index contributed by atoms with van der Waals surface area (Å²) in [5.41, 5.74) is 7.08. The minimum atomic E-state index is 0.119. The van der Waals surface area contributed by atoms with Gasteiger partial charge >= 0.3 is 0 Å². The first kappa shape index (κ1) is 21.7. The van der Waals surface area contributed by atoms with Gasteiger partial charge in [-0.15, -0.1) is 0 Å². The summed E-state index contributed by atoms with van der Waals surface area (Å²) in [6.07, 6.45) is 0. The third-order valence-corrected chi connectivity index (χ3v) is 8.49. The van der Waals surface area contributed by atoms with Crippen LogP contribution >= 0.6 is 23.5 Å². The summed E-state index contributed by atoms with van der Waals surface area (Å²) in [6, 6.07) is 22.7. The summed E-state index contributed by atoms with van der Waals surface area (Å²) >= 11 is 3.99. The molecule has 2 aliphatic heterocycles. The molecule has 2 heterocycles. The fourth-order valence-electron chi connectivity index (χ4n) is 4.81. The zero-order chi connectivity index (χ0) is 22.3. The molecule has 164 valence electrons. The van der Waals surface area contributed by atoms with Crippen LogP contribution < -0.4 is 4.74 Å². The van der Waals surface area contributed by atoms with Crippen molar-refractivity contribution in [2.45, 2.75) is 49.2 Å². The molecule has 3 heteroatoms. The smallest absolute Gasteiger partial charge is 0.126 e. The lowest BCUT2D eigenvalue weighted by Gasteiger charge is -2.23. The molecule has 2 aliphatic rings. The van der Waals surface area contributed by atoms with E-state index >= 15 is 0 Å². The number of benzene rings is 4. The van der Waals surface area contributed by atoms with E-state index < -0.39 is 0 Å². The lowest BCUT2D eigenvalue weighted by atomic mass is 9.85. The monoisotopic (exact) mass is 458 g/mol. The third-order valence-electron chi connectivity index (χ3n) is 6.48. The highest BCUT2D eigenvalue weighted by Gasteiger charge is 2.21. The van der Waals surface area contributed by atoms with Crippen molar-refractivity contribution >= 4 is 45.1 Å². The molecule has 0 radical (unpaired) electrons. The Morgan fingerprint density at radius 2 is 1.06 bits per heavy atom. The summed E-state index contributed by atoms with van der Waals surface area (Å²) in [6.45, 7) is 6.90. The average molecular weight is 459 g/mol. The van der Waals surface area contributed by atoms with Gasteiger partial charge in [0.2, 0.25) is 0 Å². The summed E-state index contributed by atoms with van der Waals surface area (Å²) in [7, 11) is 1.82. The highest BCUT2D eigenvalue weighted by atomic mass is 32.2. The van der Waals surface area contributed by atoms with E-state index in [0.29, 0.717) is 0 Å². The van der Waals surface area contributed by atoms with Gasteiger partial charge in [-0.1, -0.05) is 81.4 Å². The van der Waals surface area contributed by atoms with Crippen molar-refractivity contribution in [3.63, 3.8) is 0 Å². The highest BCUT2D eigenvalue weighted by molar-refractivity contribution is 7.98. The summed E-state index contributed by atoms with van der Waals surface area (Å²) in [4.78, 5) is 0. The quantitative estimate of drug-likeness (QED) is 0.265. The molecular weight excluding hydrogens is 428 g/mol. The number of hydrogen-bond donors (Lipinski definition) is 0. The molecule has 32 heavy (non-hydrogen) atoms. The van der Waals surface area contributed by atoms with E-state index in [2.05, 4.69) is 81.4 Å². The van der Waals surface area contributed by atoms with Crippen molar-refractivity contribution in [1.82, 2.24) is 0 Å². The standard InChI is InChI=1S/C29H30OS2/c1-29(2,3)21-13-19-15-31-17-26-22-9-5-6-10-23(22)27(25-12-8-7-11-24(25)26)18-32-16-20(14-21)28(19)30-4/h5-14H,15-18H2,1-4H3. The first-order chi connectivity index (χ1) is 15.5. The highest BCUT2D eigenvalue weighted by Crippen LogP contribution is 2.41. The number of hydrogen-bond acceptors (Lipinski definition) is 3. The molecule has 0 N–H and O–H groups in total. The van der Waals surface area contributed by atoms with Gasteiger partial charge in [0.15, 0.2) is 0 Å². The Balaban J connectivity index is 1.70. The maximum atomic E-state index is 5.97. The van der Waals surface area contributed by atoms with Crippen molar-refractivity contribution in [3.05, 3.63) is 88.5 Å². The van der Waals surface area contributed by atoms with Crippen LogP contribution in [0.1, 0.15) is 48.6 Å². The van der Waals surface area contributed by atoms with Gasteiger partial charge in [0.05, 0.1) is 7.11 Å². The van der Waals surface area contributed by atoms with Gasteiger partial charge in [0.25, 0.3) is 0 Å². The average Bonchev–Trinajstić information content (AvgIpc) is 2.79. The third kappa shape index (κ3) is 3.91. The number of rotatable bonds is 1. The number of methoxy groups -OCH3 is 1. The zero-order valence-corrected chi connectivity index (χ0v) is 21.0. The first-order valence-electron chi connectivity index (χ1n) is 11.2. The fraction of sp³-hybridized carbons (Fsp3) is 0.310. The molecule has 0 spiro atoms. The maximum absolute atomic E-state index is 5.97. The van der Waals surface area contributed by atoms with Crippen LogP contribution in [0, 0.1) is 0 Å². The van der Waals surface area contributed by atoms with E-state index in [9.17, 15) is 0 Å². The zero-order valence-electron chi connectivity index (χ0n) is 19.3. The Hall–Kier alpha value is -2.10. The minimum Gasteiger partial charge on any atom is -0.496 e. The molecule has 6 rings (SSSR count). The lowest BCUT2D eigenvalue weighted by Crippen LogP contribution is -2.13. The molecule has 4 bridgehead atoms. The van der Waals surface area contributed by atoms with E-state index in [4.69, 9.17) is 4.74 Å². The number of fused-ring (bicyclic) bond motifs is 4. The van der Waals surface area contributed by atoms with Crippen LogP contribution in [0.15, 0.2) is 60.7 Å². The summed E-state index contributed by atoms with van der Waals surface area (Å²) in [5.74, 6) is 4.97. The molecule has 0 saturated heterocycles. The van der Waals surface area contributed by atoms with Crippen molar-refractivity contribution < 1.29 is 4.74 Å². The van der Waals surface area contributed by atoms with E-state index in [1.807, 2.05) is 30.6 Å². The van der Waals surface area contributed by atoms with Gasteiger partial charge in [0, 0.05) is 34.1 Å². The van der Waals surface area contributed by atoms with Crippen LogP contribution in [0.3, 0.4) is 0 Å². The summed E-state index contributed by atoms with van der Waals surface area (Å²) < 4.78 is 5.97. The van der Waals surface area contributed by atoms with E-state index in [1.165, 1.54) is 49.4 Å². The maximum Gasteiger partial charge on any atom is 0.126 e. The topological polar surface area (TPSA) is 9.23 Å². The minimum absolute atomic E-state index is 0.119. The van der Waals surface area contributed by atoms with Crippen LogP contribution in [0.4, 0.5) is 0 Å². The predicted octanol–water partition coefficient (Wildman–Crippen LogP) is 8.48. The van der Waals surface area contributed by atoms with Crippen molar-refractivity contribution in [2.75, 3.05) is 7.11 Å². The van der Waals surface area contributed by atoms with Gasteiger partial charge in [0.1, 0.15) is 5.75 Å². The van der Waals surface area contributed by atoms with Gasteiger partial charge in [-0.05, 0) is 43.7 Å².